The highest BCUT2D eigenvalue weighted by molar-refractivity contribution is 7.22. The van der Waals surface area contributed by atoms with Crippen molar-refractivity contribution in [2.45, 2.75) is 38.0 Å². The lowest BCUT2D eigenvalue weighted by molar-refractivity contribution is -0.137. The van der Waals surface area contributed by atoms with E-state index in [4.69, 9.17) is 4.74 Å². The van der Waals surface area contributed by atoms with E-state index in [0.29, 0.717) is 28.5 Å². The molecule has 0 unspecified atom stereocenters. The van der Waals surface area contributed by atoms with Crippen molar-refractivity contribution in [2.24, 2.45) is 0 Å². The number of carbonyl (C=O) groups is 1. The van der Waals surface area contributed by atoms with E-state index in [1.165, 1.54) is 17.4 Å². The summed E-state index contributed by atoms with van der Waals surface area (Å²) < 4.78 is 45.4. The zero-order valence-electron chi connectivity index (χ0n) is 15.4. The molecule has 9 heteroatoms. The molecule has 0 bridgehead atoms. The number of hydrogen-bond acceptors (Lipinski definition) is 5. The highest BCUT2D eigenvalue weighted by atomic mass is 32.1. The quantitative estimate of drug-likeness (QED) is 0.745. The van der Waals surface area contributed by atoms with Crippen molar-refractivity contribution in [3.8, 4) is 0 Å². The first kappa shape index (κ1) is 19.4. The van der Waals surface area contributed by atoms with Crippen molar-refractivity contribution in [2.75, 3.05) is 37.7 Å². The second-order valence-corrected chi connectivity index (χ2v) is 8.29. The molecule has 2 fully saturated rings. The van der Waals surface area contributed by atoms with Crippen LogP contribution in [0.5, 0.6) is 0 Å². The van der Waals surface area contributed by atoms with Crippen LogP contribution in [0.4, 0.5) is 18.3 Å². The highest BCUT2D eigenvalue weighted by Crippen LogP contribution is 2.35. The molecular weight excluding hydrogens is 391 g/mol. The number of hydrogen-bond donors (Lipinski definition) is 0. The van der Waals surface area contributed by atoms with Gasteiger partial charge in [-0.05, 0) is 43.9 Å². The molecule has 152 valence electrons. The Kier molecular flexibility index (Phi) is 5.46. The van der Waals surface area contributed by atoms with Crippen LogP contribution in [-0.2, 0) is 15.7 Å². The summed E-state index contributed by atoms with van der Waals surface area (Å²) in [6, 6.07) is 3.60. The summed E-state index contributed by atoms with van der Waals surface area (Å²) in [6.07, 6.45) is -0.465. The Morgan fingerprint density at radius 1 is 1.29 bits per heavy atom. The van der Waals surface area contributed by atoms with Crippen LogP contribution in [0.3, 0.4) is 0 Å². The first-order chi connectivity index (χ1) is 13.4. The number of carbonyl (C=O) groups excluding carboxylic acids is 1. The minimum Gasteiger partial charge on any atom is -0.376 e. The van der Waals surface area contributed by atoms with Gasteiger partial charge in [0.1, 0.15) is 0 Å². The van der Waals surface area contributed by atoms with Crippen molar-refractivity contribution in [1.29, 1.82) is 0 Å². The number of fused-ring (bicyclic) bond motifs is 1. The van der Waals surface area contributed by atoms with Gasteiger partial charge in [0.15, 0.2) is 5.13 Å². The standard InChI is InChI=1S/C19H22F3N3O2S/c20-19(21,22)13-5-6-16-15(10-13)23-18(28-16)25(11-14-4-3-9-27-14)12-17(26)24-7-1-2-8-24/h5-6,10,14H,1-4,7-9,11-12H2/t14-/m0/s1. The van der Waals surface area contributed by atoms with Crippen molar-refractivity contribution in [3.05, 3.63) is 23.8 Å². The van der Waals surface area contributed by atoms with E-state index < -0.39 is 11.7 Å². The van der Waals surface area contributed by atoms with E-state index in [1.54, 1.807) is 0 Å². The smallest absolute Gasteiger partial charge is 0.376 e. The number of alkyl halides is 3. The molecular formula is C19H22F3N3O2S. The van der Waals surface area contributed by atoms with Crippen molar-refractivity contribution < 1.29 is 22.7 Å². The van der Waals surface area contributed by atoms with Crippen LogP contribution in [0.1, 0.15) is 31.2 Å². The zero-order chi connectivity index (χ0) is 19.7. The molecule has 0 radical (unpaired) electrons. The van der Waals surface area contributed by atoms with Crippen molar-refractivity contribution in [1.82, 2.24) is 9.88 Å². The van der Waals surface area contributed by atoms with E-state index in [0.717, 1.165) is 50.9 Å². The Morgan fingerprint density at radius 2 is 2.07 bits per heavy atom. The average Bonchev–Trinajstić information content (AvgIpc) is 3.39. The van der Waals surface area contributed by atoms with Crippen LogP contribution in [0.25, 0.3) is 10.2 Å². The van der Waals surface area contributed by atoms with Gasteiger partial charge in [0, 0.05) is 26.2 Å². The number of anilines is 1. The lowest BCUT2D eigenvalue weighted by atomic mass is 10.2. The van der Waals surface area contributed by atoms with Gasteiger partial charge in [0.05, 0.1) is 28.4 Å². The maximum absolute atomic E-state index is 13.0. The third-order valence-corrected chi connectivity index (χ3v) is 6.30. The summed E-state index contributed by atoms with van der Waals surface area (Å²) in [4.78, 5) is 20.8. The molecule has 2 saturated heterocycles. The molecule has 2 aliphatic heterocycles. The van der Waals surface area contributed by atoms with Gasteiger partial charge in [-0.3, -0.25) is 4.79 Å². The minimum atomic E-state index is -4.40. The molecule has 0 aliphatic carbocycles. The molecule has 2 aromatic rings. The van der Waals surface area contributed by atoms with Crippen LogP contribution < -0.4 is 4.90 Å². The molecule has 5 nitrogen and oxygen atoms in total. The Labute approximate surface area is 165 Å². The summed E-state index contributed by atoms with van der Waals surface area (Å²) >= 11 is 1.31. The molecule has 28 heavy (non-hydrogen) atoms. The molecule has 1 atom stereocenters. The zero-order valence-corrected chi connectivity index (χ0v) is 16.2. The average molecular weight is 413 g/mol. The lowest BCUT2D eigenvalue weighted by Crippen LogP contribution is -2.42. The minimum absolute atomic E-state index is 0.0177. The monoisotopic (exact) mass is 413 g/mol. The van der Waals surface area contributed by atoms with Gasteiger partial charge in [-0.2, -0.15) is 13.2 Å². The molecule has 0 saturated carbocycles. The third kappa shape index (κ3) is 4.25. The second kappa shape index (κ2) is 7.87. The molecule has 1 amide bonds. The number of rotatable bonds is 5. The predicted molar refractivity (Wildman–Crippen MR) is 102 cm³/mol. The Balaban J connectivity index is 1.59. The Hall–Kier alpha value is -1.87. The highest BCUT2D eigenvalue weighted by Gasteiger charge is 2.31. The van der Waals surface area contributed by atoms with Crippen molar-refractivity contribution in [3.63, 3.8) is 0 Å². The summed E-state index contributed by atoms with van der Waals surface area (Å²) in [5, 5.41) is 0.567. The number of likely N-dealkylation sites (tertiary alicyclic amines) is 1. The maximum atomic E-state index is 13.0. The first-order valence-corrected chi connectivity index (χ1v) is 10.3. The molecule has 0 spiro atoms. The number of thiazole rings is 1. The molecule has 1 aromatic carbocycles. The summed E-state index contributed by atoms with van der Waals surface area (Å²) in [7, 11) is 0. The Bertz CT molecular complexity index is 843. The Morgan fingerprint density at radius 3 is 2.75 bits per heavy atom. The van der Waals surface area contributed by atoms with Crippen LogP contribution in [0, 0.1) is 0 Å². The summed E-state index contributed by atoms with van der Waals surface area (Å²) in [5.74, 6) is 0.0331. The SMILES string of the molecule is O=C(CN(C[C@@H]1CCCO1)c1nc2cc(C(F)(F)F)ccc2s1)N1CCCC1. The molecule has 4 rings (SSSR count). The van der Waals surface area contributed by atoms with E-state index in [9.17, 15) is 18.0 Å². The molecule has 0 N–H and O–H groups in total. The topological polar surface area (TPSA) is 45.7 Å². The number of halogens is 3. The van der Waals surface area contributed by atoms with Gasteiger partial charge in [0.2, 0.25) is 5.91 Å². The largest absolute Gasteiger partial charge is 0.416 e. The molecule has 2 aliphatic rings. The maximum Gasteiger partial charge on any atom is 0.416 e. The first-order valence-electron chi connectivity index (χ1n) is 9.52. The fourth-order valence-corrected chi connectivity index (χ4v) is 4.66. The van der Waals surface area contributed by atoms with Gasteiger partial charge in [-0.25, -0.2) is 4.98 Å². The molecule has 1 aromatic heterocycles. The van der Waals surface area contributed by atoms with Gasteiger partial charge in [0.25, 0.3) is 0 Å². The number of amides is 1. The summed E-state index contributed by atoms with van der Waals surface area (Å²) in [5.41, 5.74) is -0.406. The predicted octanol–water partition coefficient (Wildman–Crippen LogP) is 3.92. The summed E-state index contributed by atoms with van der Waals surface area (Å²) in [6.45, 7) is 2.92. The molecule has 3 heterocycles. The second-order valence-electron chi connectivity index (χ2n) is 7.28. The van der Waals surface area contributed by atoms with Crippen LogP contribution in [0.2, 0.25) is 0 Å². The number of ether oxygens (including phenoxy) is 1. The number of benzene rings is 1. The number of nitrogens with zero attached hydrogens (tertiary/aromatic N) is 3. The van der Waals surface area contributed by atoms with Gasteiger partial charge in [-0.15, -0.1) is 0 Å². The fraction of sp³-hybridized carbons (Fsp3) is 0.579. The van der Waals surface area contributed by atoms with Crippen LogP contribution in [-0.4, -0.2) is 54.7 Å². The third-order valence-electron chi connectivity index (χ3n) is 5.21. The van der Waals surface area contributed by atoms with Gasteiger partial charge in [-0.1, -0.05) is 11.3 Å². The van der Waals surface area contributed by atoms with Crippen LogP contribution in [0.15, 0.2) is 18.2 Å². The van der Waals surface area contributed by atoms with E-state index in [-0.39, 0.29) is 18.6 Å². The van der Waals surface area contributed by atoms with Gasteiger partial charge < -0.3 is 14.5 Å². The van der Waals surface area contributed by atoms with Gasteiger partial charge >= 0.3 is 6.18 Å². The van der Waals surface area contributed by atoms with E-state index in [2.05, 4.69) is 4.98 Å². The van der Waals surface area contributed by atoms with Crippen LogP contribution >= 0.6 is 11.3 Å². The van der Waals surface area contributed by atoms with E-state index in [1.807, 2.05) is 9.80 Å². The fourth-order valence-electron chi connectivity index (χ4n) is 3.70. The number of aromatic nitrogens is 1. The lowest BCUT2D eigenvalue weighted by Gasteiger charge is -2.26. The van der Waals surface area contributed by atoms with Crippen molar-refractivity contribution >= 4 is 32.6 Å². The normalized spacial score (nSPS) is 20.2. The van der Waals surface area contributed by atoms with E-state index >= 15 is 0 Å².